The molecule has 0 bridgehead atoms. The van der Waals surface area contributed by atoms with Gasteiger partial charge in [-0.05, 0) is 30.3 Å². The SMILES string of the molecule is O=C(CC(=O)c1ccc(F)cc1)OCc1ccccc1C(F)(F)F. The Bertz CT molecular complexity index is 736. The fourth-order valence-corrected chi connectivity index (χ4v) is 2.00. The molecule has 126 valence electrons. The second-order valence-corrected chi connectivity index (χ2v) is 4.92. The van der Waals surface area contributed by atoms with Crippen LogP contribution in [0.3, 0.4) is 0 Å². The Balaban J connectivity index is 1.97. The zero-order valence-corrected chi connectivity index (χ0v) is 12.3. The van der Waals surface area contributed by atoms with Gasteiger partial charge in [0.2, 0.25) is 0 Å². The highest BCUT2D eigenvalue weighted by Gasteiger charge is 2.33. The number of benzene rings is 2. The van der Waals surface area contributed by atoms with E-state index in [9.17, 15) is 27.2 Å². The van der Waals surface area contributed by atoms with Crippen LogP contribution in [0.1, 0.15) is 27.9 Å². The van der Waals surface area contributed by atoms with Crippen LogP contribution < -0.4 is 0 Å². The van der Waals surface area contributed by atoms with E-state index in [-0.39, 0.29) is 11.1 Å². The standard InChI is InChI=1S/C17H12F4O3/c18-13-7-5-11(6-8-13)15(22)9-16(23)24-10-12-3-1-2-4-14(12)17(19,20)21/h1-8H,9-10H2. The third-order valence-corrected chi connectivity index (χ3v) is 3.18. The summed E-state index contributed by atoms with van der Waals surface area (Å²) in [5.41, 5.74) is -0.987. The first-order valence-electron chi connectivity index (χ1n) is 6.87. The molecule has 0 amide bonds. The molecule has 0 saturated heterocycles. The van der Waals surface area contributed by atoms with Crippen LogP contribution in [0.2, 0.25) is 0 Å². The molecule has 7 heteroatoms. The molecule has 0 unspecified atom stereocenters. The lowest BCUT2D eigenvalue weighted by molar-refractivity contribution is -0.147. The Kier molecular flexibility index (Phi) is 5.33. The summed E-state index contributed by atoms with van der Waals surface area (Å²) in [5, 5.41) is 0. The summed E-state index contributed by atoms with van der Waals surface area (Å²) >= 11 is 0. The maximum atomic E-state index is 12.8. The van der Waals surface area contributed by atoms with Crippen molar-refractivity contribution in [3.63, 3.8) is 0 Å². The topological polar surface area (TPSA) is 43.4 Å². The Morgan fingerprint density at radius 3 is 2.21 bits per heavy atom. The highest BCUT2D eigenvalue weighted by Crippen LogP contribution is 2.32. The van der Waals surface area contributed by atoms with Crippen LogP contribution in [0.4, 0.5) is 17.6 Å². The van der Waals surface area contributed by atoms with Gasteiger partial charge in [0, 0.05) is 11.1 Å². The van der Waals surface area contributed by atoms with Crippen molar-refractivity contribution in [1.82, 2.24) is 0 Å². The van der Waals surface area contributed by atoms with E-state index in [2.05, 4.69) is 0 Å². The zero-order valence-electron chi connectivity index (χ0n) is 12.3. The minimum absolute atomic E-state index is 0.115. The maximum Gasteiger partial charge on any atom is 0.416 e. The van der Waals surface area contributed by atoms with Crippen molar-refractivity contribution in [3.8, 4) is 0 Å². The molecule has 0 atom stereocenters. The van der Waals surface area contributed by atoms with Gasteiger partial charge in [0.25, 0.3) is 0 Å². The molecule has 2 aromatic carbocycles. The Morgan fingerprint density at radius 1 is 0.958 bits per heavy atom. The van der Waals surface area contributed by atoms with Gasteiger partial charge in [-0.1, -0.05) is 18.2 Å². The van der Waals surface area contributed by atoms with Crippen molar-refractivity contribution >= 4 is 11.8 Å². The fraction of sp³-hybridized carbons (Fsp3) is 0.176. The average molecular weight is 340 g/mol. The van der Waals surface area contributed by atoms with Crippen LogP contribution in [0.5, 0.6) is 0 Å². The monoisotopic (exact) mass is 340 g/mol. The van der Waals surface area contributed by atoms with Crippen molar-refractivity contribution in [3.05, 3.63) is 71.0 Å². The first kappa shape index (κ1) is 17.7. The Morgan fingerprint density at radius 2 is 1.58 bits per heavy atom. The van der Waals surface area contributed by atoms with E-state index in [1.165, 1.54) is 30.3 Å². The number of rotatable bonds is 5. The van der Waals surface area contributed by atoms with Gasteiger partial charge in [-0.2, -0.15) is 13.2 Å². The summed E-state index contributed by atoms with van der Waals surface area (Å²) in [6.45, 7) is -0.592. The molecule has 0 aliphatic heterocycles. The molecule has 0 fully saturated rings. The van der Waals surface area contributed by atoms with Crippen molar-refractivity contribution in [2.45, 2.75) is 19.2 Å². The second-order valence-electron chi connectivity index (χ2n) is 4.92. The molecule has 0 aliphatic carbocycles. The van der Waals surface area contributed by atoms with Gasteiger partial charge < -0.3 is 4.74 Å². The molecule has 0 aliphatic rings. The minimum atomic E-state index is -4.56. The van der Waals surface area contributed by atoms with Crippen molar-refractivity contribution in [2.75, 3.05) is 0 Å². The fourth-order valence-electron chi connectivity index (χ4n) is 2.00. The largest absolute Gasteiger partial charge is 0.460 e. The van der Waals surface area contributed by atoms with E-state index in [1.54, 1.807) is 0 Å². The molecule has 0 N–H and O–H groups in total. The van der Waals surface area contributed by atoms with Crippen LogP contribution in [0.25, 0.3) is 0 Å². The van der Waals surface area contributed by atoms with Gasteiger partial charge in [-0.25, -0.2) is 4.39 Å². The van der Waals surface area contributed by atoms with Gasteiger partial charge in [0.05, 0.1) is 5.56 Å². The molecule has 0 heterocycles. The summed E-state index contributed by atoms with van der Waals surface area (Å²) in [5.74, 6) is -2.09. The maximum absolute atomic E-state index is 12.8. The first-order valence-corrected chi connectivity index (χ1v) is 6.87. The number of carbonyl (C=O) groups excluding carboxylic acids is 2. The van der Waals surface area contributed by atoms with E-state index in [0.717, 1.165) is 18.2 Å². The first-order chi connectivity index (χ1) is 11.3. The van der Waals surface area contributed by atoms with Crippen molar-refractivity contribution in [2.24, 2.45) is 0 Å². The molecule has 0 spiro atoms. The Hall–Kier alpha value is -2.70. The third kappa shape index (κ3) is 4.65. The molecule has 24 heavy (non-hydrogen) atoms. The van der Waals surface area contributed by atoms with Gasteiger partial charge in [0.15, 0.2) is 5.78 Å². The van der Waals surface area contributed by atoms with Crippen LogP contribution >= 0.6 is 0 Å². The van der Waals surface area contributed by atoms with E-state index in [0.29, 0.717) is 0 Å². The number of ketones is 1. The minimum Gasteiger partial charge on any atom is -0.460 e. The molecule has 2 rings (SSSR count). The van der Waals surface area contributed by atoms with E-state index < -0.39 is 42.3 Å². The molecule has 0 radical (unpaired) electrons. The highest BCUT2D eigenvalue weighted by atomic mass is 19.4. The molecule has 0 aromatic heterocycles. The Labute approximate surface area is 134 Å². The molecular formula is C17H12F4O3. The van der Waals surface area contributed by atoms with Gasteiger partial charge in [0.1, 0.15) is 18.8 Å². The lowest BCUT2D eigenvalue weighted by Gasteiger charge is -2.12. The number of hydrogen-bond acceptors (Lipinski definition) is 3. The summed E-state index contributed by atoms with van der Waals surface area (Å²) in [4.78, 5) is 23.4. The van der Waals surface area contributed by atoms with Crippen LogP contribution in [-0.2, 0) is 22.3 Å². The highest BCUT2D eigenvalue weighted by molar-refractivity contribution is 6.05. The average Bonchev–Trinajstić information content (AvgIpc) is 2.53. The lowest BCUT2D eigenvalue weighted by atomic mass is 10.1. The number of halogens is 4. The molecule has 2 aromatic rings. The van der Waals surface area contributed by atoms with E-state index in [1.807, 2.05) is 0 Å². The van der Waals surface area contributed by atoms with Gasteiger partial charge in [-0.3, -0.25) is 9.59 Å². The van der Waals surface area contributed by atoms with Crippen molar-refractivity contribution < 1.29 is 31.9 Å². The van der Waals surface area contributed by atoms with Crippen LogP contribution in [0.15, 0.2) is 48.5 Å². The number of esters is 1. The lowest BCUT2D eigenvalue weighted by Crippen LogP contribution is -2.14. The smallest absolute Gasteiger partial charge is 0.416 e. The predicted molar refractivity (Wildman–Crippen MR) is 76.6 cm³/mol. The van der Waals surface area contributed by atoms with Gasteiger partial charge in [-0.15, -0.1) is 0 Å². The van der Waals surface area contributed by atoms with Crippen LogP contribution in [0, 0.1) is 5.82 Å². The number of ether oxygens (including phenoxy) is 1. The quantitative estimate of drug-likeness (QED) is 0.355. The zero-order chi connectivity index (χ0) is 17.7. The summed E-state index contributed by atoms with van der Waals surface area (Å²) in [7, 11) is 0. The van der Waals surface area contributed by atoms with E-state index in [4.69, 9.17) is 4.74 Å². The molecular weight excluding hydrogens is 328 g/mol. The van der Waals surface area contributed by atoms with Crippen molar-refractivity contribution in [1.29, 1.82) is 0 Å². The van der Waals surface area contributed by atoms with Gasteiger partial charge >= 0.3 is 12.1 Å². The van der Waals surface area contributed by atoms with Crippen LogP contribution in [-0.4, -0.2) is 11.8 Å². The molecule has 0 saturated carbocycles. The van der Waals surface area contributed by atoms with E-state index >= 15 is 0 Å². The number of carbonyl (C=O) groups is 2. The summed E-state index contributed by atoms with van der Waals surface area (Å²) < 4.78 is 55.9. The number of alkyl halides is 3. The summed E-state index contributed by atoms with van der Waals surface area (Å²) in [6, 6.07) is 9.25. The number of Topliss-reactive ketones (excluding diaryl/α,β-unsaturated/α-hetero) is 1. The number of hydrogen-bond donors (Lipinski definition) is 0. The third-order valence-electron chi connectivity index (χ3n) is 3.18. The predicted octanol–water partition coefficient (Wildman–Crippen LogP) is 4.16. The normalized spacial score (nSPS) is 11.2. The molecule has 3 nitrogen and oxygen atoms in total. The second kappa shape index (κ2) is 7.25. The summed E-state index contributed by atoms with van der Waals surface area (Å²) in [6.07, 6.45) is -5.20.